The van der Waals surface area contributed by atoms with Crippen LogP contribution in [0.5, 0.6) is 0 Å². The first-order chi connectivity index (χ1) is 56.6. The molecule has 0 aromatic heterocycles. The van der Waals surface area contributed by atoms with Gasteiger partial charge in [-0.25, -0.2) is 42.3 Å². The van der Waals surface area contributed by atoms with Gasteiger partial charge in [-0.15, -0.1) is 0 Å². The van der Waals surface area contributed by atoms with E-state index in [0.29, 0.717) is 38.2 Å². The number of para-hydroxylation sites is 4. The molecule has 6 N–H and O–H groups in total. The number of nitrogens with one attached hydrogen (secondary N) is 4. The number of hydrogen-bond donors (Lipinski definition) is 6. The van der Waals surface area contributed by atoms with Crippen LogP contribution in [0.1, 0.15) is 115 Å². The Morgan fingerprint density at radius 3 is 0.881 bits per heavy atom. The third kappa shape index (κ3) is 18.6. The number of carbonyl (C=O) groups is 6. The molecule has 0 aliphatic carbocycles. The molecule has 0 spiro atoms. The molecule has 6 unspecified atom stereocenters. The third-order valence-corrected chi connectivity index (χ3v) is 27.0. The first kappa shape index (κ1) is 90.1. The maximum atomic E-state index is 13.1. The normalized spacial score (nSPS) is 18.6. The molecule has 0 bridgehead atoms. The van der Waals surface area contributed by atoms with Crippen molar-refractivity contribution < 1.29 is 72.7 Å². The fourth-order valence-electron chi connectivity index (χ4n) is 13.8. The molecule has 12 aromatic rings. The molecule has 616 valence electrons. The van der Waals surface area contributed by atoms with Crippen LogP contribution in [0, 0.1) is 0 Å². The van der Waals surface area contributed by atoms with Crippen molar-refractivity contribution in [1.29, 1.82) is 0 Å². The molecule has 6 atom stereocenters. The Labute approximate surface area is 689 Å². The SMILES string of the molecule is CC.CC.CC.CC.CCN1C(=O)C(C(=O)Nc2ccccc2)c2cc3ccccc3cc2S1(=O)=O.CCN1C(O)C(C(=O)Nc2ccccc2)c2cc3ccccc3cc2S1(=O)=O.CN1C(=O)C(C(=O)Nc2ccccc2)c2cc3ccccc3cc2S1(=O)=O.CN1C(O)C(C(=O)Nc2ccccc2)c2cc3ccccc3cc2S1(=O)=O. The van der Waals surface area contributed by atoms with Crippen molar-refractivity contribution in [1.82, 2.24) is 17.2 Å². The third-order valence-electron chi connectivity index (χ3n) is 19.4. The van der Waals surface area contributed by atoms with Gasteiger partial charge in [-0.05, 0) is 169 Å². The van der Waals surface area contributed by atoms with Crippen LogP contribution < -0.4 is 21.3 Å². The summed E-state index contributed by atoms with van der Waals surface area (Å²) < 4.78 is 106. The Kier molecular flexibility index (Phi) is 30.1. The van der Waals surface area contributed by atoms with E-state index in [1.807, 2.05) is 159 Å². The fourth-order valence-corrected chi connectivity index (χ4v) is 20.1. The van der Waals surface area contributed by atoms with Gasteiger partial charge in [0.2, 0.25) is 43.7 Å². The molecule has 4 aliphatic rings. The van der Waals surface area contributed by atoms with E-state index in [1.165, 1.54) is 26.2 Å². The number of anilines is 4. The minimum atomic E-state index is -4.01. The summed E-state index contributed by atoms with van der Waals surface area (Å²) >= 11 is 0. The standard InChI is InChI=1S/C21H20N2O4S.C21H18N2O4S.C20H18N2O4S.C20H16N2O4S.4C2H6/c2*1-2-23-21(25)19(20(24)22-16-10-4-3-5-11-16)17-12-14-8-6-7-9-15(14)13-18(17)28(23,26)27;2*1-22-20(24)18(19(23)21-15-9-3-2-4-10-15)16-11-13-7-5-6-8-14(13)12-17(16)27(22,25)26;4*1-2/h3-13,19,21,25H,2H2,1H3,(H,22,24);3-13,19H,2H2,1H3,(H,22,24);2-12,18,20,24H,1H3,(H,21,23);2-12,18H,1H3,(H,21,23);4*1-2H3. The second-order valence-electron chi connectivity index (χ2n) is 26.1. The van der Waals surface area contributed by atoms with Crippen LogP contribution in [-0.4, -0.2) is 136 Å². The Balaban J connectivity index is 0.000000174. The maximum Gasteiger partial charge on any atom is 0.266 e. The lowest BCUT2D eigenvalue weighted by Gasteiger charge is -2.37. The van der Waals surface area contributed by atoms with Crippen LogP contribution in [0.4, 0.5) is 22.7 Å². The lowest BCUT2D eigenvalue weighted by Crippen LogP contribution is -2.50. The molecule has 16 rings (SSSR count). The average molecular weight is 1670 g/mol. The number of aliphatic hydroxyl groups excluding tert-OH is 2. The van der Waals surface area contributed by atoms with E-state index in [9.17, 15) is 72.7 Å². The van der Waals surface area contributed by atoms with Gasteiger partial charge in [-0.3, -0.25) is 28.8 Å². The van der Waals surface area contributed by atoms with Crippen molar-refractivity contribution in [3.8, 4) is 0 Å². The highest BCUT2D eigenvalue weighted by Gasteiger charge is 2.50. The smallest absolute Gasteiger partial charge is 0.266 e. The van der Waals surface area contributed by atoms with Gasteiger partial charge in [-0.2, -0.15) is 8.61 Å². The molecule has 6 amide bonds. The van der Waals surface area contributed by atoms with Crippen LogP contribution in [0.3, 0.4) is 0 Å². The van der Waals surface area contributed by atoms with Crippen molar-refractivity contribution in [3.05, 3.63) is 289 Å². The summed E-state index contributed by atoms with van der Waals surface area (Å²) in [5.41, 5.74) is 3.25. The van der Waals surface area contributed by atoms with Gasteiger partial charge < -0.3 is 31.5 Å². The van der Waals surface area contributed by atoms with Crippen molar-refractivity contribution in [2.75, 3.05) is 48.5 Å². The maximum absolute atomic E-state index is 13.1. The predicted octanol–water partition coefficient (Wildman–Crippen LogP) is 15.4. The van der Waals surface area contributed by atoms with Gasteiger partial charge in [0.05, 0.1) is 19.6 Å². The number of carbonyl (C=O) groups excluding carboxylic acids is 6. The summed E-state index contributed by atoms with van der Waals surface area (Å²) in [5, 5.41) is 38.5. The number of rotatable bonds is 10. The number of hydrogen-bond acceptors (Lipinski definition) is 16. The summed E-state index contributed by atoms with van der Waals surface area (Å²) in [6.07, 6.45) is -2.97. The first-order valence-corrected chi connectivity index (χ1v) is 44.4. The number of aliphatic hydroxyl groups is 2. The Bertz CT molecular complexity index is 6130. The number of amides is 6. The topological polar surface area (TPSA) is 341 Å². The number of fused-ring (bicyclic) bond motifs is 8. The molecule has 118 heavy (non-hydrogen) atoms. The lowest BCUT2D eigenvalue weighted by atomic mass is 9.93. The van der Waals surface area contributed by atoms with Crippen LogP contribution >= 0.6 is 0 Å². The fraction of sp³-hybridized carbons (Fsp3) is 0.222. The number of nitrogens with zero attached hydrogens (tertiary/aromatic N) is 4. The first-order valence-electron chi connectivity index (χ1n) is 38.7. The highest BCUT2D eigenvalue weighted by Crippen LogP contribution is 2.44. The molecule has 28 heteroatoms. The zero-order chi connectivity index (χ0) is 86.1. The summed E-state index contributed by atoms with van der Waals surface area (Å²) in [7, 11) is -13.4. The van der Waals surface area contributed by atoms with Crippen LogP contribution in [0.25, 0.3) is 43.1 Å². The van der Waals surface area contributed by atoms with Gasteiger partial charge in [0, 0.05) is 49.9 Å². The van der Waals surface area contributed by atoms with E-state index in [4.69, 9.17) is 0 Å². The quantitative estimate of drug-likeness (QED) is 0.0693. The second-order valence-corrected chi connectivity index (χ2v) is 33.7. The van der Waals surface area contributed by atoms with E-state index < -0.39 is 112 Å². The lowest BCUT2D eigenvalue weighted by molar-refractivity contribution is -0.134. The van der Waals surface area contributed by atoms with Gasteiger partial charge in [0.25, 0.3) is 31.9 Å². The van der Waals surface area contributed by atoms with Crippen LogP contribution in [0.2, 0.25) is 0 Å². The molecule has 4 heterocycles. The summed E-state index contributed by atoms with van der Waals surface area (Å²) in [6, 6.07) is 77.2. The van der Waals surface area contributed by atoms with Crippen LogP contribution in [-0.2, 0) is 68.9 Å². The molecular formula is C90H96N8O16S4. The Morgan fingerprint density at radius 1 is 0.314 bits per heavy atom. The van der Waals surface area contributed by atoms with Crippen molar-refractivity contribution in [2.24, 2.45) is 0 Å². The summed E-state index contributed by atoms with van der Waals surface area (Å²) in [5.74, 6) is -8.10. The molecule has 4 aliphatic heterocycles. The monoisotopic (exact) mass is 1670 g/mol. The summed E-state index contributed by atoms with van der Waals surface area (Å²) in [4.78, 5) is 77.7. The van der Waals surface area contributed by atoms with E-state index >= 15 is 0 Å². The molecule has 0 fully saturated rings. The predicted molar refractivity (Wildman–Crippen MR) is 463 cm³/mol. The Morgan fingerprint density at radius 2 is 0.568 bits per heavy atom. The largest absolute Gasteiger partial charge is 0.376 e. The molecule has 12 aromatic carbocycles. The minimum absolute atomic E-state index is 0.000798. The Hall–Kier alpha value is -11.9. The van der Waals surface area contributed by atoms with Crippen molar-refractivity contribution >= 4 is 141 Å². The minimum Gasteiger partial charge on any atom is -0.376 e. The number of likely N-dealkylation sites (N-methyl/N-ethyl adjacent to an activating group) is 4. The zero-order valence-corrected chi connectivity index (χ0v) is 70.6. The van der Waals surface area contributed by atoms with Gasteiger partial charge in [-0.1, -0.05) is 232 Å². The van der Waals surface area contributed by atoms with Crippen LogP contribution in [0.15, 0.2) is 287 Å². The highest BCUT2D eigenvalue weighted by atomic mass is 32.2. The van der Waals surface area contributed by atoms with Crippen molar-refractivity contribution in [2.45, 2.75) is 125 Å². The number of benzene rings is 12. The zero-order valence-electron chi connectivity index (χ0n) is 67.3. The van der Waals surface area contributed by atoms with Gasteiger partial charge in [0.1, 0.15) is 36.1 Å². The van der Waals surface area contributed by atoms with Gasteiger partial charge >= 0.3 is 0 Å². The molecule has 0 radical (unpaired) electrons. The molecular weight excluding hydrogens is 1580 g/mol. The van der Waals surface area contributed by atoms with E-state index in [-0.39, 0.29) is 43.8 Å². The molecule has 0 saturated carbocycles. The highest BCUT2D eigenvalue weighted by molar-refractivity contribution is 7.90. The molecule has 0 saturated heterocycles. The summed E-state index contributed by atoms with van der Waals surface area (Å²) in [6.45, 7) is 19.2. The van der Waals surface area contributed by atoms with Crippen molar-refractivity contribution in [3.63, 3.8) is 0 Å². The number of sulfonamides is 4. The van der Waals surface area contributed by atoms with Gasteiger partial charge in [0.15, 0.2) is 0 Å². The second kappa shape index (κ2) is 39.4. The van der Waals surface area contributed by atoms with E-state index in [1.54, 1.807) is 166 Å². The van der Waals surface area contributed by atoms with E-state index in [2.05, 4.69) is 21.3 Å². The van der Waals surface area contributed by atoms with E-state index in [0.717, 1.165) is 56.0 Å². The average Bonchev–Trinajstić information content (AvgIpc) is 0.846. The molecule has 24 nitrogen and oxygen atoms in total.